The molecule has 0 aromatic heterocycles. The molecule has 3 nitrogen and oxygen atoms in total. The van der Waals surface area contributed by atoms with Crippen molar-refractivity contribution in [2.75, 3.05) is 13.0 Å². The number of nitrogens with two attached hydrogens (primary N) is 1. The van der Waals surface area contributed by atoms with Crippen LogP contribution < -0.4 is 10.5 Å². The van der Waals surface area contributed by atoms with Gasteiger partial charge in [-0.15, -0.1) is 11.6 Å². The third-order valence-corrected chi connectivity index (χ3v) is 2.39. The number of aryl methyl sites for hydroxylation is 2. The summed E-state index contributed by atoms with van der Waals surface area (Å²) in [5, 5.41) is 0. The molecule has 0 atom stereocenters. The molecule has 82 valence electrons. The number of hydrogen-bond donors (Lipinski definition) is 1. The summed E-state index contributed by atoms with van der Waals surface area (Å²) in [7, 11) is 1.65. The van der Waals surface area contributed by atoms with E-state index in [9.17, 15) is 0 Å². The van der Waals surface area contributed by atoms with Gasteiger partial charge in [0.25, 0.3) is 0 Å². The second-order valence-electron chi connectivity index (χ2n) is 3.35. The number of aliphatic imine (C=N–C) groups is 1. The lowest BCUT2D eigenvalue weighted by Gasteiger charge is -2.08. The number of rotatable bonds is 3. The van der Waals surface area contributed by atoms with E-state index in [1.54, 1.807) is 7.11 Å². The lowest BCUT2D eigenvalue weighted by molar-refractivity contribution is 0.411. The Kier molecular flexibility index (Phi) is 3.97. The number of halogens is 1. The van der Waals surface area contributed by atoms with Gasteiger partial charge in [-0.05, 0) is 37.1 Å². The molecule has 0 fully saturated rings. The Morgan fingerprint density at radius 1 is 1.40 bits per heavy atom. The van der Waals surface area contributed by atoms with Crippen molar-refractivity contribution in [1.82, 2.24) is 0 Å². The van der Waals surface area contributed by atoms with Crippen molar-refractivity contribution in [2.24, 2.45) is 10.7 Å². The molecule has 0 heterocycles. The zero-order valence-corrected chi connectivity index (χ0v) is 9.93. The molecule has 0 amide bonds. The highest BCUT2D eigenvalue weighted by atomic mass is 35.5. The van der Waals surface area contributed by atoms with Crippen molar-refractivity contribution in [3.8, 4) is 5.75 Å². The molecule has 0 spiro atoms. The van der Waals surface area contributed by atoms with Crippen LogP contribution in [0.2, 0.25) is 0 Å². The first-order valence-corrected chi connectivity index (χ1v) is 5.16. The van der Waals surface area contributed by atoms with E-state index in [4.69, 9.17) is 22.1 Å². The Morgan fingerprint density at radius 2 is 2.07 bits per heavy atom. The normalized spacial score (nSPS) is 11.6. The van der Waals surface area contributed by atoms with E-state index in [1.165, 1.54) is 0 Å². The van der Waals surface area contributed by atoms with E-state index in [-0.39, 0.29) is 5.88 Å². The van der Waals surface area contributed by atoms with Crippen molar-refractivity contribution < 1.29 is 4.74 Å². The van der Waals surface area contributed by atoms with Crippen molar-refractivity contribution >= 4 is 23.1 Å². The van der Waals surface area contributed by atoms with Crippen LogP contribution in [0.1, 0.15) is 11.1 Å². The zero-order chi connectivity index (χ0) is 11.4. The molecule has 0 radical (unpaired) electrons. The second-order valence-corrected chi connectivity index (χ2v) is 3.61. The topological polar surface area (TPSA) is 47.6 Å². The monoisotopic (exact) mass is 226 g/mol. The highest BCUT2D eigenvalue weighted by Crippen LogP contribution is 2.27. The minimum atomic E-state index is 0.241. The van der Waals surface area contributed by atoms with Crippen LogP contribution in [0.5, 0.6) is 5.75 Å². The van der Waals surface area contributed by atoms with Crippen LogP contribution in [-0.2, 0) is 0 Å². The van der Waals surface area contributed by atoms with Gasteiger partial charge in [0.1, 0.15) is 11.6 Å². The number of nitrogens with zero attached hydrogens (tertiary/aromatic N) is 1. The van der Waals surface area contributed by atoms with Crippen LogP contribution in [0.4, 0.5) is 5.69 Å². The largest absolute Gasteiger partial charge is 0.496 e. The highest BCUT2D eigenvalue weighted by Gasteiger charge is 2.04. The number of hydrogen-bond acceptors (Lipinski definition) is 2. The summed E-state index contributed by atoms with van der Waals surface area (Å²) in [5.41, 5.74) is 8.47. The van der Waals surface area contributed by atoms with E-state index >= 15 is 0 Å². The maximum absolute atomic E-state index is 5.58. The van der Waals surface area contributed by atoms with Gasteiger partial charge >= 0.3 is 0 Å². The van der Waals surface area contributed by atoms with Crippen LogP contribution in [-0.4, -0.2) is 18.8 Å². The Balaban J connectivity index is 3.16. The van der Waals surface area contributed by atoms with Crippen molar-refractivity contribution in [3.05, 3.63) is 23.3 Å². The lowest BCUT2D eigenvalue weighted by atomic mass is 10.1. The third-order valence-electron chi connectivity index (χ3n) is 2.11. The molecule has 0 aliphatic rings. The van der Waals surface area contributed by atoms with Gasteiger partial charge in [0.05, 0.1) is 18.7 Å². The molecule has 0 bridgehead atoms. The fraction of sp³-hybridized carbons (Fsp3) is 0.364. The van der Waals surface area contributed by atoms with Crippen LogP contribution in [0.15, 0.2) is 17.1 Å². The standard InChI is InChI=1S/C11H15ClN2O/c1-7-5-10(15-3)8(2)4-9(7)14-11(13)6-12/h4-5H,6H2,1-3H3,(H2,13,14). The first kappa shape index (κ1) is 11.9. The lowest BCUT2D eigenvalue weighted by Crippen LogP contribution is -2.12. The number of benzene rings is 1. The van der Waals surface area contributed by atoms with Gasteiger partial charge in [-0.3, -0.25) is 0 Å². The van der Waals surface area contributed by atoms with Crippen LogP contribution in [0.25, 0.3) is 0 Å². The third kappa shape index (κ3) is 2.86. The number of alkyl halides is 1. The van der Waals surface area contributed by atoms with E-state index < -0.39 is 0 Å². The predicted octanol–water partition coefficient (Wildman–Crippen LogP) is 2.54. The second kappa shape index (κ2) is 5.03. The molecule has 0 unspecified atom stereocenters. The summed E-state index contributed by atoms with van der Waals surface area (Å²) >= 11 is 5.57. The molecule has 1 rings (SSSR count). The highest BCUT2D eigenvalue weighted by molar-refractivity contribution is 6.28. The molecule has 0 saturated carbocycles. The quantitative estimate of drug-likeness (QED) is 0.489. The molecule has 4 heteroatoms. The van der Waals surface area contributed by atoms with Crippen LogP contribution >= 0.6 is 11.6 Å². The Bertz CT molecular complexity index is 388. The number of amidine groups is 1. The molecule has 1 aromatic rings. The minimum Gasteiger partial charge on any atom is -0.496 e. The summed E-state index contributed by atoms with van der Waals surface area (Å²) in [6.45, 7) is 3.93. The van der Waals surface area contributed by atoms with E-state index in [2.05, 4.69) is 4.99 Å². The van der Waals surface area contributed by atoms with Gasteiger partial charge in [0, 0.05) is 0 Å². The minimum absolute atomic E-state index is 0.241. The molecule has 0 aliphatic heterocycles. The average molecular weight is 227 g/mol. The first-order chi connectivity index (χ1) is 7.08. The maximum Gasteiger partial charge on any atom is 0.122 e. The SMILES string of the molecule is COc1cc(C)c(N=C(N)CCl)cc1C. The molecule has 0 saturated heterocycles. The summed E-state index contributed by atoms with van der Waals surface area (Å²) < 4.78 is 5.21. The van der Waals surface area contributed by atoms with Crippen molar-refractivity contribution in [1.29, 1.82) is 0 Å². The molecule has 2 N–H and O–H groups in total. The fourth-order valence-electron chi connectivity index (χ4n) is 1.30. The summed E-state index contributed by atoms with van der Waals surface area (Å²) in [6, 6.07) is 3.88. The van der Waals surface area contributed by atoms with Crippen LogP contribution in [0, 0.1) is 13.8 Å². The molecule has 15 heavy (non-hydrogen) atoms. The Morgan fingerprint density at radius 3 is 2.60 bits per heavy atom. The fourth-order valence-corrected chi connectivity index (χ4v) is 1.36. The number of ether oxygens (including phenoxy) is 1. The molecule has 1 aromatic carbocycles. The molecular formula is C11H15ClN2O. The van der Waals surface area contributed by atoms with Gasteiger partial charge in [-0.1, -0.05) is 0 Å². The van der Waals surface area contributed by atoms with Crippen LogP contribution in [0.3, 0.4) is 0 Å². The first-order valence-electron chi connectivity index (χ1n) is 4.62. The Hall–Kier alpha value is -1.22. The molecular weight excluding hydrogens is 212 g/mol. The molecule has 0 aliphatic carbocycles. The average Bonchev–Trinajstić information content (AvgIpc) is 2.22. The summed E-state index contributed by atoms with van der Waals surface area (Å²) in [6.07, 6.45) is 0. The number of methoxy groups -OCH3 is 1. The summed E-state index contributed by atoms with van der Waals surface area (Å²) in [5.74, 6) is 1.52. The van der Waals surface area contributed by atoms with Gasteiger partial charge < -0.3 is 10.5 Å². The predicted molar refractivity (Wildman–Crippen MR) is 64.5 cm³/mol. The van der Waals surface area contributed by atoms with E-state index in [0.717, 1.165) is 22.6 Å². The van der Waals surface area contributed by atoms with Gasteiger partial charge in [-0.25, -0.2) is 4.99 Å². The smallest absolute Gasteiger partial charge is 0.122 e. The Labute approximate surface area is 94.9 Å². The zero-order valence-electron chi connectivity index (χ0n) is 9.17. The van der Waals surface area contributed by atoms with Crippen molar-refractivity contribution in [2.45, 2.75) is 13.8 Å². The van der Waals surface area contributed by atoms with E-state index in [1.807, 2.05) is 26.0 Å². The summed E-state index contributed by atoms with van der Waals surface area (Å²) in [4.78, 5) is 4.22. The maximum atomic E-state index is 5.58. The van der Waals surface area contributed by atoms with Gasteiger partial charge in [-0.2, -0.15) is 0 Å². The van der Waals surface area contributed by atoms with Gasteiger partial charge in [0.15, 0.2) is 0 Å². The van der Waals surface area contributed by atoms with Gasteiger partial charge in [0.2, 0.25) is 0 Å². The van der Waals surface area contributed by atoms with Crippen molar-refractivity contribution in [3.63, 3.8) is 0 Å². The van der Waals surface area contributed by atoms with E-state index in [0.29, 0.717) is 5.84 Å².